The van der Waals surface area contributed by atoms with Crippen molar-refractivity contribution in [2.45, 2.75) is 58.3 Å². The van der Waals surface area contributed by atoms with E-state index in [2.05, 4.69) is 55.9 Å². The van der Waals surface area contributed by atoms with Gasteiger partial charge >= 0.3 is 0 Å². The van der Waals surface area contributed by atoms with Crippen LogP contribution in [0, 0.1) is 0 Å². The Hall–Kier alpha value is -0.983. The van der Waals surface area contributed by atoms with Crippen LogP contribution in [0.25, 0.3) is 11.0 Å². The zero-order valence-corrected chi connectivity index (χ0v) is 16.0. The van der Waals surface area contributed by atoms with Crippen LogP contribution >= 0.6 is 11.6 Å². The van der Waals surface area contributed by atoms with Crippen LogP contribution in [0.15, 0.2) is 12.4 Å². The SMILES string of the molecule is C[C@H](CCO[Si](C)(C)C(C)(C)C)n1ncc2cnc(Cl)nc21. The minimum absolute atomic E-state index is 0.202. The van der Waals surface area contributed by atoms with E-state index < -0.39 is 8.32 Å². The second kappa shape index (κ2) is 6.26. The largest absolute Gasteiger partial charge is 0.417 e. The van der Waals surface area contributed by atoms with Crippen LogP contribution in [0.4, 0.5) is 0 Å². The molecule has 7 heteroatoms. The van der Waals surface area contributed by atoms with Crippen molar-refractivity contribution < 1.29 is 4.43 Å². The van der Waals surface area contributed by atoms with Gasteiger partial charge in [-0.3, -0.25) is 0 Å². The molecule has 1 atom stereocenters. The van der Waals surface area contributed by atoms with E-state index in [0.717, 1.165) is 24.1 Å². The molecule has 0 spiro atoms. The lowest BCUT2D eigenvalue weighted by Gasteiger charge is -2.36. The highest BCUT2D eigenvalue weighted by Crippen LogP contribution is 2.36. The van der Waals surface area contributed by atoms with Gasteiger partial charge in [0.1, 0.15) is 0 Å². The number of hydrogen-bond acceptors (Lipinski definition) is 4. The van der Waals surface area contributed by atoms with Crippen molar-refractivity contribution in [1.82, 2.24) is 19.7 Å². The summed E-state index contributed by atoms with van der Waals surface area (Å²) in [6.45, 7) is 14.2. The molecule has 0 saturated carbocycles. The van der Waals surface area contributed by atoms with Gasteiger partial charge in [0.15, 0.2) is 14.0 Å². The molecule has 0 N–H and O–H groups in total. The van der Waals surface area contributed by atoms with Gasteiger partial charge in [-0.2, -0.15) is 10.1 Å². The maximum atomic E-state index is 6.24. The Morgan fingerprint density at radius 3 is 2.64 bits per heavy atom. The van der Waals surface area contributed by atoms with Crippen molar-refractivity contribution >= 4 is 31.0 Å². The van der Waals surface area contributed by atoms with Crippen LogP contribution in [0.5, 0.6) is 0 Å². The minimum atomic E-state index is -1.70. The van der Waals surface area contributed by atoms with Crippen molar-refractivity contribution in [2.75, 3.05) is 6.61 Å². The van der Waals surface area contributed by atoms with E-state index >= 15 is 0 Å². The Morgan fingerprint density at radius 1 is 1.32 bits per heavy atom. The molecule has 0 amide bonds. The molecule has 0 saturated heterocycles. The predicted octanol–water partition coefficient (Wildman–Crippen LogP) is 4.45. The molecule has 0 aliphatic rings. The Labute approximate surface area is 138 Å². The standard InChI is InChI=1S/C15H25ClN4OSi/c1-11(7-8-21-22(5,6)15(2,3)4)20-13-12(10-18-20)9-17-14(16)19-13/h9-11H,7-8H2,1-6H3/t11-/m1/s1. The summed E-state index contributed by atoms with van der Waals surface area (Å²) >= 11 is 5.88. The second-order valence-corrected chi connectivity index (χ2v) is 12.4. The monoisotopic (exact) mass is 340 g/mol. The molecule has 2 aromatic rings. The van der Waals surface area contributed by atoms with Gasteiger partial charge in [-0.1, -0.05) is 20.8 Å². The number of rotatable bonds is 5. The number of fused-ring (bicyclic) bond motifs is 1. The Morgan fingerprint density at radius 2 is 2.00 bits per heavy atom. The van der Waals surface area contributed by atoms with Crippen molar-refractivity contribution in [3.63, 3.8) is 0 Å². The van der Waals surface area contributed by atoms with Gasteiger partial charge in [0.25, 0.3) is 0 Å². The maximum Gasteiger partial charge on any atom is 0.224 e. The number of aromatic nitrogens is 4. The maximum absolute atomic E-state index is 6.24. The molecule has 122 valence electrons. The first kappa shape index (κ1) is 17.4. The lowest BCUT2D eigenvalue weighted by atomic mass is 10.2. The summed E-state index contributed by atoms with van der Waals surface area (Å²) in [5, 5.41) is 5.80. The fraction of sp³-hybridized carbons (Fsp3) is 0.667. The van der Waals surface area contributed by atoms with Gasteiger partial charge in [0.2, 0.25) is 5.28 Å². The first-order valence-corrected chi connectivity index (χ1v) is 10.9. The average molecular weight is 341 g/mol. The molecular formula is C15H25ClN4OSi. The fourth-order valence-corrected chi connectivity index (χ4v) is 3.15. The summed E-state index contributed by atoms with van der Waals surface area (Å²) in [4.78, 5) is 8.26. The predicted molar refractivity (Wildman–Crippen MR) is 92.8 cm³/mol. The summed E-state index contributed by atoms with van der Waals surface area (Å²) in [6.07, 6.45) is 4.37. The third-order valence-electron chi connectivity index (χ3n) is 4.53. The Kier molecular flexibility index (Phi) is 4.94. The van der Waals surface area contributed by atoms with Crippen molar-refractivity contribution in [3.8, 4) is 0 Å². The summed E-state index contributed by atoms with van der Waals surface area (Å²) in [5.41, 5.74) is 0.778. The number of hydrogen-bond donors (Lipinski definition) is 0. The van der Waals surface area contributed by atoms with Gasteiger partial charge in [0, 0.05) is 12.8 Å². The molecule has 22 heavy (non-hydrogen) atoms. The molecule has 5 nitrogen and oxygen atoms in total. The third-order valence-corrected chi connectivity index (χ3v) is 9.25. The quantitative estimate of drug-likeness (QED) is 0.596. The van der Waals surface area contributed by atoms with E-state index in [1.54, 1.807) is 12.4 Å². The Balaban J connectivity index is 2.03. The van der Waals surface area contributed by atoms with Crippen LogP contribution in [0.2, 0.25) is 23.4 Å². The highest BCUT2D eigenvalue weighted by molar-refractivity contribution is 6.74. The van der Waals surface area contributed by atoms with Crippen molar-refractivity contribution in [2.24, 2.45) is 0 Å². The summed E-state index contributed by atoms with van der Waals surface area (Å²) in [6, 6.07) is 0.202. The normalized spacial score (nSPS) is 14.5. The molecule has 0 bridgehead atoms. The molecule has 0 radical (unpaired) electrons. The lowest BCUT2D eigenvalue weighted by Crippen LogP contribution is -2.41. The molecule has 0 aliphatic heterocycles. The molecule has 0 fully saturated rings. The lowest BCUT2D eigenvalue weighted by molar-refractivity contribution is 0.257. The first-order valence-electron chi connectivity index (χ1n) is 7.61. The molecular weight excluding hydrogens is 316 g/mol. The van der Waals surface area contributed by atoms with Gasteiger partial charge in [0.05, 0.1) is 17.6 Å². The van der Waals surface area contributed by atoms with Crippen LogP contribution in [-0.4, -0.2) is 34.7 Å². The van der Waals surface area contributed by atoms with Gasteiger partial charge in [-0.25, -0.2) is 9.67 Å². The molecule has 0 unspecified atom stereocenters. The number of halogens is 1. The van der Waals surface area contributed by atoms with Gasteiger partial charge < -0.3 is 4.43 Å². The molecule has 0 aromatic carbocycles. The fourth-order valence-electron chi connectivity index (χ4n) is 1.96. The van der Waals surface area contributed by atoms with Crippen LogP contribution < -0.4 is 0 Å². The van der Waals surface area contributed by atoms with Crippen LogP contribution in [-0.2, 0) is 4.43 Å². The highest BCUT2D eigenvalue weighted by atomic mass is 35.5. The van der Waals surface area contributed by atoms with E-state index in [0.29, 0.717) is 0 Å². The van der Waals surface area contributed by atoms with Gasteiger partial charge in [-0.05, 0) is 43.1 Å². The van der Waals surface area contributed by atoms with E-state index in [1.165, 1.54) is 0 Å². The van der Waals surface area contributed by atoms with Crippen LogP contribution in [0.1, 0.15) is 40.2 Å². The zero-order chi connectivity index (χ0) is 16.5. The highest BCUT2D eigenvalue weighted by Gasteiger charge is 2.37. The van der Waals surface area contributed by atoms with Gasteiger partial charge in [-0.15, -0.1) is 0 Å². The smallest absolute Gasteiger partial charge is 0.224 e. The topological polar surface area (TPSA) is 52.8 Å². The van der Waals surface area contributed by atoms with Crippen molar-refractivity contribution in [1.29, 1.82) is 0 Å². The van der Waals surface area contributed by atoms with E-state index in [1.807, 2.05) is 4.68 Å². The summed E-state index contributed by atoms with van der Waals surface area (Å²) < 4.78 is 8.14. The Bertz CT molecular complexity index is 651. The second-order valence-electron chi connectivity index (χ2n) is 7.25. The van der Waals surface area contributed by atoms with E-state index in [9.17, 15) is 0 Å². The van der Waals surface area contributed by atoms with Crippen molar-refractivity contribution in [3.05, 3.63) is 17.7 Å². The number of nitrogens with zero attached hydrogens (tertiary/aromatic N) is 4. The molecule has 0 aliphatic carbocycles. The molecule has 2 heterocycles. The average Bonchev–Trinajstić information content (AvgIpc) is 2.79. The summed E-state index contributed by atoms with van der Waals surface area (Å²) in [7, 11) is -1.70. The third kappa shape index (κ3) is 3.67. The minimum Gasteiger partial charge on any atom is -0.417 e. The first-order chi connectivity index (χ1) is 10.1. The zero-order valence-electron chi connectivity index (χ0n) is 14.2. The molecule has 2 aromatic heterocycles. The summed E-state index contributed by atoms with van der Waals surface area (Å²) in [5.74, 6) is 0. The van der Waals surface area contributed by atoms with E-state index in [-0.39, 0.29) is 16.4 Å². The van der Waals surface area contributed by atoms with Crippen LogP contribution in [0.3, 0.4) is 0 Å². The van der Waals surface area contributed by atoms with E-state index in [4.69, 9.17) is 16.0 Å². The molecule has 2 rings (SSSR count).